The summed E-state index contributed by atoms with van der Waals surface area (Å²) < 4.78 is 13.2. The summed E-state index contributed by atoms with van der Waals surface area (Å²) in [6.45, 7) is 0. The van der Waals surface area contributed by atoms with Crippen LogP contribution in [0.2, 0.25) is 0 Å². The maximum Gasteiger partial charge on any atom is 0.335 e. The largest absolute Gasteiger partial charge is 0.508 e. The number of carboxylic acid groups (broad SMARTS) is 1. The average molecular weight is 248 g/mol. The molecule has 0 saturated carbocycles. The first-order chi connectivity index (χ1) is 8.47. The molecule has 0 radical (unpaired) electrons. The molecule has 2 aromatic rings. The first-order valence-electron chi connectivity index (χ1n) is 5.03. The Morgan fingerprint density at radius 2 is 1.72 bits per heavy atom. The SMILES string of the molecule is O=C(O)c1cc(O)cc(-c2ccc(O)c(F)c2)c1. The number of benzene rings is 2. The molecule has 2 aromatic carbocycles. The second-order valence-corrected chi connectivity index (χ2v) is 3.74. The first-order valence-corrected chi connectivity index (χ1v) is 5.03. The maximum absolute atomic E-state index is 13.2. The van der Waals surface area contributed by atoms with Gasteiger partial charge in [0.15, 0.2) is 11.6 Å². The van der Waals surface area contributed by atoms with Gasteiger partial charge in [0.1, 0.15) is 5.75 Å². The number of carboxylic acids is 1. The fraction of sp³-hybridized carbons (Fsp3) is 0. The third kappa shape index (κ3) is 2.24. The van der Waals surface area contributed by atoms with Gasteiger partial charge in [-0.1, -0.05) is 6.07 Å². The molecule has 0 atom stereocenters. The Morgan fingerprint density at radius 1 is 1.00 bits per heavy atom. The number of aromatic hydroxyl groups is 2. The van der Waals surface area contributed by atoms with E-state index in [1.807, 2.05) is 0 Å². The molecule has 0 heterocycles. The molecule has 0 bridgehead atoms. The number of aromatic carboxylic acids is 1. The molecule has 4 nitrogen and oxygen atoms in total. The van der Waals surface area contributed by atoms with Crippen molar-refractivity contribution in [3.8, 4) is 22.6 Å². The van der Waals surface area contributed by atoms with Crippen LogP contribution in [-0.2, 0) is 0 Å². The Morgan fingerprint density at radius 3 is 2.33 bits per heavy atom. The number of hydrogen-bond acceptors (Lipinski definition) is 3. The van der Waals surface area contributed by atoms with Crippen LogP contribution in [0.5, 0.6) is 11.5 Å². The molecule has 0 saturated heterocycles. The van der Waals surface area contributed by atoms with Crippen LogP contribution in [0.15, 0.2) is 36.4 Å². The standard InChI is InChI=1S/C13H9FO4/c14-11-6-7(1-2-12(11)16)8-3-9(13(17)18)5-10(15)4-8/h1-6,15-16H,(H,17,18). The van der Waals surface area contributed by atoms with Crippen molar-refractivity contribution in [2.75, 3.05) is 0 Å². The predicted molar refractivity (Wildman–Crippen MR) is 62.1 cm³/mol. The van der Waals surface area contributed by atoms with Gasteiger partial charge in [-0.2, -0.15) is 0 Å². The molecule has 0 unspecified atom stereocenters. The smallest absolute Gasteiger partial charge is 0.335 e. The molecule has 92 valence electrons. The van der Waals surface area contributed by atoms with Crippen LogP contribution in [0, 0.1) is 5.82 Å². The van der Waals surface area contributed by atoms with E-state index in [2.05, 4.69) is 0 Å². The second-order valence-electron chi connectivity index (χ2n) is 3.74. The fourth-order valence-corrected chi connectivity index (χ4v) is 1.59. The first kappa shape index (κ1) is 11.9. The van der Waals surface area contributed by atoms with Crippen LogP contribution >= 0.6 is 0 Å². The minimum Gasteiger partial charge on any atom is -0.508 e. The molecular formula is C13H9FO4. The Bertz CT molecular complexity index is 622. The number of phenolic OH excluding ortho intramolecular Hbond substituents is 2. The highest BCUT2D eigenvalue weighted by Crippen LogP contribution is 2.28. The number of phenols is 2. The molecule has 0 spiro atoms. The van der Waals surface area contributed by atoms with Gasteiger partial charge in [0.25, 0.3) is 0 Å². The van der Waals surface area contributed by atoms with Crippen molar-refractivity contribution >= 4 is 5.97 Å². The zero-order chi connectivity index (χ0) is 13.3. The van der Waals surface area contributed by atoms with Crippen molar-refractivity contribution in [2.24, 2.45) is 0 Å². The van der Waals surface area contributed by atoms with E-state index in [-0.39, 0.29) is 11.3 Å². The lowest BCUT2D eigenvalue weighted by Crippen LogP contribution is -1.96. The van der Waals surface area contributed by atoms with Crippen LogP contribution < -0.4 is 0 Å². The van der Waals surface area contributed by atoms with Crippen molar-refractivity contribution in [3.63, 3.8) is 0 Å². The summed E-state index contributed by atoms with van der Waals surface area (Å²) in [4.78, 5) is 10.8. The summed E-state index contributed by atoms with van der Waals surface area (Å²) in [7, 11) is 0. The van der Waals surface area contributed by atoms with Gasteiger partial charge in [0.05, 0.1) is 5.56 Å². The molecule has 0 amide bonds. The normalized spacial score (nSPS) is 10.3. The quantitative estimate of drug-likeness (QED) is 0.763. The summed E-state index contributed by atoms with van der Waals surface area (Å²) in [5.41, 5.74) is 0.619. The van der Waals surface area contributed by atoms with Gasteiger partial charge < -0.3 is 15.3 Å². The molecule has 0 aliphatic rings. The zero-order valence-corrected chi connectivity index (χ0v) is 9.09. The van der Waals surface area contributed by atoms with E-state index >= 15 is 0 Å². The van der Waals surface area contributed by atoms with Crippen molar-refractivity contribution in [3.05, 3.63) is 47.8 Å². The Hall–Kier alpha value is -2.56. The molecule has 0 aliphatic heterocycles. The predicted octanol–water partition coefficient (Wildman–Crippen LogP) is 2.60. The number of hydrogen-bond donors (Lipinski definition) is 3. The number of carbonyl (C=O) groups is 1. The van der Waals surface area contributed by atoms with Gasteiger partial charge in [0.2, 0.25) is 0 Å². The van der Waals surface area contributed by atoms with E-state index in [0.717, 1.165) is 18.2 Å². The van der Waals surface area contributed by atoms with Crippen LogP contribution in [0.3, 0.4) is 0 Å². The third-order valence-corrected chi connectivity index (χ3v) is 2.45. The Kier molecular flexibility index (Phi) is 2.89. The highest BCUT2D eigenvalue weighted by Gasteiger charge is 2.09. The summed E-state index contributed by atoms with van der Waals surface area (Å²) in [5, 5.41) is 27.3. The summed E-state index contributed by atoms with van der Waals surface area (Å²) >= 11 is 0. The van der Waals surface area contributed by atoms with E-state index < -0.39 is 17.5 Å². The molecular weight excluding hydrogens is 239 g/mol. The van der Waals surface area contributed by atoms with Crippen molar-refractivity contribution < 1.29 is 24.5 Å². The van der Waals surface area contributed by atoms with Crippen molar-refractivity contribution in [2.45, 2.75) is 0 Å². The minimum absolute atomic E-state index is 0.0986. The van der Waals surface area contributed by atoms with Gasteiger partial charge in [-0.25, -0.2) is 9.18 Å². The summed E-state index contributed by atoms with van der Waals surface area (Å²) in [6, 6.07) is 7.39. The van der Waals surface area contributed by atoms with Crippen LogP contribution in [-0.4, -0.2) is 21.3 Å². The van der Waals surface area contributed by atoms with E-state index in [9.17, 15) is 14.3 Å². The van der Waals surface area contributed by atoms with Crippen LogP contribution in [0.1, 0.15) is 10.4 Å². The molecule has 18 heavy (non-hydrogen) atoms. The Labute approximate surface area is 102 Å². The molecule has 2 rings (SSSR count). The monoisotopic (exact) mass is 248 g/mol. The number of halogens is 1. The van der Waals surface area contributed by atoms with Crippen molar-refractivity contribution in [1.29, 1.82) is 0 Å². The molecule has 5 heteroatoms. The minimum atomic E-state index is -1.19. The van der Waals surface area contributed by atoms with Gasteiger partial charge >= 0.3 is 5.97 Å². The van der Waals surface area contributed by atoms with E-state index in [1.54, 1.807) is 0 Å². The lowest BCUT2D eigenvalue weighted by Gasteiger charge is -2.05. The van der Waals surface area contributed by atoms with Crippen LogP contribution in [0.4, 0.5) is 4.39 Å². The van der Waals surface area contributed by atoms with E-state index in [4.69, 9.17) is 10.2 Å². The lowest BCUT2D eigenvalue weighted by molar-refractivity contribution is 0.0696. The zero-order valence-electron chi connectivity index (χ0n) is 9.09. The number of rotatable bonds is 2. The van der Waals surface area contributed by atoms with E-state index in [1.165, 1.54) is 18.2 Å². The van der Waals surface area contributed by atoms with Gasteiger partial charge in [0, 0.05) is 0 Å². The fourth-order valence-electron chi connectivity index (χ4n) is 1.59. The van der Waals surface area contributed by atoms with E-state index in [0.29, 0.717) is 11.1 Å². The third-order valence-electron chi connectivity index (χ3n) is 2.45. The maximum atomic E-state index is 13.2. The highest BCUT2D eigenvalue weighted by atomic mass is 19.1. The second kappa shape index (κ2) is 4.37. The van der Waals surface area contributed by atoms with Gasteiger partial charge in [-0.3, -0.25) is 0 Å². The van der Waals surface area contributed by atoms with Gasteiger partial charge in [-0.05, 0) is 41.5 Å². The Balaban J connectivity index is 2.56. The topological polar surface area (TPSA) is 77.8 Å². The lowest BCUT2D eigenvalue weighted by atomic mass is 10.0. The summed E-state index contributed by atoms with van der Waals surface area (Å²) in [5.74, 6) is -2.71. The van der Waals surface area contributed by atoms with Crippen molar-refractivity contribution in [1.82, 2.24) is 0 Å². The molecule has 0 aromatic heterocycles. The van der Waals surface area contributed by atoms with Gasteiger partial charge in [-0.15, -0.1) is 0 Å². The molecule has 0 fully saturated rings. The molecule has 0 aliphatic carbocycles. The average Bonchev–Trinajstić information content (AvgIpc) is 2.31. The van der Waals surface area contributed by atoms with Crippen LogP contribution in [0.25, 0.3) is 11.1 Å². The molecule has 3 N–H and O–H groups in total. The highest BCUT2D eigenvalue weighted by molar-refractivity contribution is 5.90. The summed E-state index contributed by atoms with van der Waals surface area (Å²) in [6.07, 6.45) is 0.